The maximum Gasteiger partial charge on any atom is 0.173 e. The Morgan fingerprint density at radius 3 is 2.35 bits per heavy atom. The van der Waals surface area contributed by atoms with Crippen molar-refractivity contribution in [2.75, 3.05) is 14.2 Å². The highest BCUT2D eigenvalue weighted by Gasteiger charge is 2.44. The molecule has 0 saturated heterocycles. The summed E-state index contributed by atoms with van der Waals surface area (Å²) in [6.07, 6.45) is 6.61. The summed E-state index contributed by atoms with van der Waals surface area (Å²) in [5.41, 5.74) is 6.67. The molecule has 0 atom stereocenters. The summed E-state index contributed by atoms with van der Waals surface area (Å²) >= 11 is 0. The molecule has 4 aromatic rings. The minimum atomic E-state index is -0.0990. The molecular weight excluding hydrogens is 464 g/mol. The van der Waals surface area contributed by atoms with Crippen LogP contribution in [0.15, 0.2) is 65.8 Å². The molecule has 0 aromatic heterocycles. The zero-order valence-electron chi connectivity index (χ0n) is 21.0. The lowest BCUT2D eigenvalue weighted by Crippen LogP contribution is -2.28. The molecule has 1 N–H and O–H groups in total. The van der Waals surface area contributed by atoms with Crippen molar-refractivity contribution in [3.05, 3.63) is 76.7 Å². The van der Waals surface area contributed by atoms with Crippen LogP contribution >= 0.6 is 0 Å². The minimum absolute atomic E-state index is 0.0990. The van der Waals surface area contributed by atoms with Crippen molar-refractivity contribution in [2.45, 2.75) is 37.5 Å². The van der Waals surface area contributed by atoms with E-state index in [0.717, 1.165) is 54.0 Å². The Labute approximate surface area is 215 Å². The average molecular weight is 493 g/mol. The summed E-state index contributed by atoms with van der Waals surface area (Å²) in [5, 5.41) is 12.9. The minimum Gasteiger partial charge on any atom is -0.497 e. The van der Waals surface area contributed by atoms with E-state index in [-0.39, 0.29) is 5.41 Å². The van der Waals surface area contributed by atoms with Gasteiger partial charge in [0.2, 0.25) is 0 Å². The summed E-state index contributed by atoms with van der Waals surface area (Å²) in [7, 11) is 3.20. The lowest BCUT2D eigenvalue weighted by Gasteiger charge is -2.36. The van der Waals surface area contributed by atoms with Gasteiger partial charge in [0.05, 0.1) is 14.2 Å². The number of nitrogens with zero attached hydrogens (tertiary/aromatic N) is 1. The third kappa shape index (κ3) is 3.43. The fourth-order valence-corrected chi connectivity index (χ4v) is 6.52. The molecule has 37 heavy (non-hydrogen) atoms. The maximum atomic E-state index is 12.3. The van der Waals surface area contributed by atoms with Crippen LogP contribution in [-0.4, -0.2) is 20.6 Å². The van der Waals surface area contributed by atoms with Crippen LogP contribution < -0.4 is 14.2 Å². The van der Waals surface area contributed by atoms with Crippen LogP contribution in [0.4, 0.5) is 5.69 Å². The van der Waals surface area contributed by atoms with Crippen LogP contribution in [0.2, 0.25) is 0 Å². The standard InChI is InChI=1S/C31H28N2O4/c1-35-19-10-11-20(28(14-19)36-2)23-15-22-24(16-29(23)37-18-32)30-21-8-4-5-9-25(21)31(12-6-3-7-13-31)26(30)17-27(22)33-34/h4-5,8-11,14-18,32H,3,6-7,12-13H2,1-2H3. The quantitative estimate of drug-likeness (QED) is 0.167. The Bertz CT molecular complexity index is 1550. The van der Waals surface area contributed by atoms with E-state index in [1.807, 2.05) is 30.3 Å². The van der Waals surface area contributed by atoms with Gasteiger partial charge in [-0.25, -0.2) is 0 Å². The number of hydrogen-bond acceptors (Lipinski definition) is 6. The Hall–Kier alpha value is -4.19. The van der Waals surface area contributed by atoms with Gasteiger partial charge in [-0.15, -0.1) is 4.91 Å². The molecule has 6 nitrogen and oxygen atoms in total. The predicted molar refractivity (Wildman–Crippen MR) is 147 cm³/mol. The van der Waals surface area contributed by atoms with Crippen LogP contribution in [0, 0.1) is 10.3 Å². The first kappa shape index (κ1) is 23.2. The summed E-state index contributed by atoms with van der Waals surface area (Å²) in [4.78, 5) is 12.3. The van der Waals surface area contributed by atoms with Gasteiger partial charge in [-0.1, -0.05) is 43.5 Å². The first-order valence-electron chi connectivity index (χ1n) is 12.6. The van der Waals surface area contributed by atoms with Gasteiger partial charge in [-0.2, -0.15) is 0 Å². The zero-order valence-corrected chi connectivity index (χ0v) is 21.0. The second kappa shape index (κ2) is 9.04. The number of nitroso groups, excluding NO2 is 1. The Morgan fingerprint density at radius 2 is 1.62 bits per heavy atom. The molecule has 2 aliphatic carbocycles. The van der Waals surface area contributed by atoms with E-state index in [2.05, 4.69) is 29.4 Å². The lowest BCUT2D eigenvalue weighted by atomic mass is 9.67. The van der Waals surface area contributed by atoms with Gasteiger partial charge in [-0.05, 0) is 76.0 Å². The maximum absolute atomic E-state index is 12.3. The SMILES string of the molecule is COc1ccc(-c2cc3c(N=O)cc4c(c3cc2OC=N)-c2ccccc2C42CCCCC2)c(OC)c1. The Morgan fingerprint density at radius 1 is 0.811 bits per heavy atom. The van der Waals surface area contributed by atoms with Gasteiger partial charge in [0.15, 0.2) is 6.40 Å². The molecule has 1 saturated carbocycles. The number of nitrogens with one attached hydrogen (secondary N) is 1. The molecule has 2 aliphatic rings. The summed E-state index contributed by atoms with van der Waals surface area (Å²) in [6.45, 7) is 0. The monoisotopic (exact) mass is 492 g/mol. The van der Waals surface area contributed by atoms with Gasteiger partial charge in [0.1, 0.15) is 22.9 Å². The number of rotatable bonds is 6. The molecule has 4 aromatic carbocycles. The molecule has 0 amide bonds. The number of benzene rings is 4. The topological polar surface area (TPSA) is 81.0 Å². The summed E-state index contributed by atoms with van der Waals surface area (Å²) < 4.78 is 16.8. The molecule has 0 aliphatic heterocycles. The smallest absolute Gasteiger partial charge is 0.173 e. The second-order valence-electron chi connectivity index (χ2n) is 9.79. The second-order valence-corrected chi connectivity index (χ2v) is 9.79. The molecule has 186 valence electrons. The first-order chi connectivity index (χ1) is 18.1. The van der Waals surface area contributed by atoms with E-state index in [9.17, 15) is 4.91 Å². The average Bonchev–Trinajstić information content (AvgIpc) is 3.21. The highest BCUT2D eigenvalue weighted by Crippen LogP contribution is 2.59. The van der Waals surface area contributed by atoms with Gasteiger partial charge < -0.3 is 14.2 Å². The number of hydrogen-bond donors (Lipinski definition) is 1. The van der Waals surface area contributed by atoms with Crippen molar-refractivity contribution in [1.82, 2.24) is 0 Å². The van der Waals surface area contributed by atoms with Crippen molar-refractivity contribution in [3.8, 4) is 39.5 Å². The van der Waals surface area contributed by atoms with E-state index in [1.165, 1.54) is 23.1 Å². The third-order valence-corrected chi connectivity index (χ3v) is 8.13. The fourth-order valence-electron chi connectivity index (χ4n) is 6.52. The Kier molecular flexibility index (Phi) is 5.67. The summed E-state index contributed by atoms with van der Waals surface area (Å²) in [6, 6.07) is 20.1. The molecule has 0 unspecified atom stereocenters. The number of methoxy groups -OCH3 is 2. The van der Waals surface area contributed by atoms with Gasteiger partial charge in [-0.3, -0.25) is 5.41 Å². The molecule has 1 fully saturated rings. The van der Waals surface area contributed by atoms with E-state index in [1.54, 1.807) is 20.3 Å². The van der Waals surface area contributed by atoms with Crippen LogP contribution in [-0.2, 0) is 5.41 Å². The number of ether oxygens (including phenoxy) is 3. The van der Waals surface area contributed by atoms with E-state index >= 15 is 0 Å². The Balaban J connectivity index is 1.69. The van der Waals surface area contributed by atoms with Crippen LogP contribution in [0.25, 0.3) is 33.0 Å². The molecule has 1 spiro atoms. The summed E-state index contributed by atoms with van der Waals surface area (Å²) in [5.74, 6) is 1.78. The molecular formula is C31H28N2O4. The van der Waals surface area contributed by atoms with E-state index < -0.39 is 0 Å². The lowest BCUT2D eigenvalue weighted by molar-refractivity contribution is 0.353. The van der Waals surface area contributed by atoms with Crippen LogP contribution in [0.3, 0.4) is 0 Å². The zero-order chi connectivity index (χ0) is 25.6. The largest absolute Gasteiger partial charge is 0.497 e. The number of fused-ring (bicyclic) bond motifs is 7. The van der Waals surface area contributed by atoms with Gasteiger partial charge in [0.25, 0.3) is 0 Å². The highest BCUT2D eigenvalue weighted by molar-refractivity contribution is 6.10. The van der Waals surface area contributed by atoms with Crippen molar-refractivity contribution in [3.63, 3.8) is 0 Å². The third-order valence-electron chi connectivity index (χ3n) is 8.13. The predicted octanol–water partition coefficient (Wildman–Crippen LogP) is 8.14. The molecule has 6 rings (SSSR count). The highest BCUT2D eigenvalue weighted by atomic mass is 16.5. The van der Waals surface area contributed by atoms with Gasteiger partial charge in [0, 0.05) is 28.0 Å². The first-order valence-corrected chi connectivity index (χ1v) is 12.6. The van der Waals surface area contributed by atoms with Crippen molar-refractivity contribution >= 4 is 22.9 Å². The van der Waals surface area contributed by atoms with Crippen molar-refractivity contribution in [1.29, 1.82) is 5.41 Å². The van der Waals surface area contributed by atoms with E-state index in [4.69, 9.17) is 19.6 Å². The van der Waals surface area contributed by atoms with Gasteiger partial charge >= 0.3 is 0 Å². The van der Waals surface area contributed by atoms with Crippen LogP contribution in [0.5, 0.6) is 17.2 Å². The molecule has 6 heteroatoms. The van der Waals surface area contributed by atoms with Crippen molar-refractivity contribution < 1.29 is 14.2 Å². The molecule has 0 radical (unpaired) electrons. The normalized spacial score (nSPS) is 15.2. The molecule has 0 bridgehead atoms. The van der Waals surface area contributed by atoms with E-state index in [0.29, 0.717) is 28.5 Å². The van der Waals surface area contributed by atoms with Crippen LogP contribution in [0.1, 0.15) is 43.2 Å². The van der Waals surface area contributed by atoms with Crippen molar-refractivity contribution in [2.24, 2.45) is 5.18 Å². The fraction of sp³-hybridized carbons (Fsp3) is 0.258. The molecule has 0 heterocycles.